The van der Waals surface area contributed by atoms with E-state index >= 15 is 0 Å². The highest BCUT2D eigenvalue weighted by Crippen LogP contribution is 2.38. The number of halogens is 3. The molecule has 0 atom stereocenters. The van der Waals surface area contributed by atoms with E-state index in [1.807, 2.05) is 7.05 Å². The Morgan fingerprint density at radius 2 is 2.00 bits per heavy atom. The van der Waals surface area contributed by atoms with E-state index in [1.54, 1.807) is 23.0 Å². The van der Waals surface area contributed by atoms with Crippen molar-refractivity contribution >= 4 is 23.1 Å². The van der Waals surface area contributed by atoms with Crippen LogP contribution in [0.1, 0.15) is 23.2 Å². The summed E-state index contributed by atoms with van der Waals surface area (Å²) in [4.78, 5) is 13.3. The number of fused-ring (bicyclic) bond motifs is 3. The van der Waals surface area contributed by atoms with Crippen molar-refractivity contribution in [2.75, 3.05) is 43.4 Å². The molecule has 1 saturated heterocycles. The molecule has 1 aliphatic carbocycles. The molecule has 3 aromatic rings. The number of nitrogens with zero attached hydrogens (tertiary/aromatic N) is 7. The van der Waals surface area contributed by atoms with Crippen molar-refractivity contribution in [2.45, 2.75) is 32.2 Å². The molecule has 2 aromatic heterocycles. The third-order valence-corrected chi connectivity index (χ3v) is 6.80. The lowest BCUT2D eigenvalue weighted by Gasteiger charge is -2.34. The van der Waals surface area contributed by atoms with Gasteiger partial charge in [0.25, 0.3) is 0 Å². The Labute approximate surface area is 223 Å². The normalized spacial score (nSPS) is 15.3. The average molecular weight is 541 g/mol. The van der Waals surface area contributed by atoms with Crippen LogP contribution < -0.4 is 15.0 Å². The van der Waals surface area contributed by atoms with E-state index < -0.39 is 12.1 Å². The second kappa shape index (κ2) is 10.5. The van der Waals surface area contributed by atoms with Crippen molar-refractivity contribution in [3.63, 3.8) is 0 Å². The van der Waals surface area contributed by atoms with Crippen molar-refractivity contribution in [2.24, 2.45) is 0 Å². The third-order valence-electron chi connectivity index (χ3n) is 6.80. The summed E-state index contributed by atoms with van der Waals surface area (Å²) in [5.41, 5.74) is 3.88. The molecule has 13 heteroatoms. The van der Waals surface area contributed by atoms with Crippen LogP contribution in [0.3, 0.4) is 0 Å². The molecule has 5 rings (SSSR count). The minimum absolute atomic E-state index is 0.0709. The van der Waals surface area contributed by atoms with Gasteiger partial charge < -0.3 is 25.0 Å². The summed E-state index contributed by atoms with van der Waals surface area (Å²) < 4.78 is 45.5. The third kappa shape index (κ3) is 5.61. The molecule has 1 aliphatic heterocycles. The number of aromatic nitrogens is 4. The Balaban J connectivity index is 1.53. The van der Waals surface area contributed by atoms with Crippen LogP contribution in [0.5, 0.6) is 5.75 Å². The largest absolute Gasteiger partial charge is 0.573 e. The number of aryl methyl sites for hydroxylation is 2. The highest BCUT2D eigenvalue weighted by atomic mass is 19.4. The SMILES string of the molecule is C=C(O)c1nn(CCC#N)c2c1CCc1cnc(Nc3cc(N4CCN(C)CC4)ccc3OC(F)(F)F)nc1-2. The maximum Gasteiger partial charge on any atom is 0.573 e. The summed E-state index contributed by atoms with van der Waals surface area (Å²) in [5, 5.41) is 26.6. The first-order valence-corrected chi connectivity index (χ1v) is 12.4. The second-order valence-corrected chi connectivity index (χ2v) is 9.46. The molecule has 1 aromatic carbocycles. The van der Waals surface area contributed by atoms with Crippen molar-refractivity contribution in [1.82, 2.24) is 24.6 Å². The van der Waals surface area contributed by atoms with Crippen molar-refractivity contribution in [1.29, 1.82) is 5.26 Å². The molecule has 204 valence electrons. The maximum absolute atomic E-state index is 13.2. The number of ether oxygens (including phenoxy) is 1. The lowest BCUT2D eigenvalue weighted by molar-refractivity contribution is -0.274. The van der Waals surface area contributed by atoms with E-state index in [-0.39, 0.29) is 30.4 Å². The molecule has 0 saturated carbocycles. The van der Waals surface area contributed by atoms with Crippen LogP contribution >= 0.6 is 0 Å². The van der Waals surface area contributed by atoms with Gasteiger partial charge in [-0.15, -0.1) is 13.2 Å². The van der Waals surface area contributed by atoms with Gasteiger partial charge in [-0.25, -0.2) is 9.97 Å². The van der Waals surface area contributed by atoms with Gasteiger partial charge in [0.05, 0.1) is 36.1 Å². The number of nitriles is 1. The van der Waals surface area contributed by atoms with Gasteiger partial charge in [0.15, 0.2) is 5.75 Å². The number of piperazine rings is 1. The molecule has 0 bridgehead atoms. The number of aliphatic hydroxyl groups is 1. The Hall–Kier alpha value is -4.31. The molecule has 2 N–H and O–H groups in total. The Kier molecular flexibility index (Phi) is 7.05. The van der Waals surface area contributed by atoms with E-state index in [0.29, 0.717) is 29.9 Å². The van der Waals surface area contributed by atoms with Crippen LogP contribution in [-0.4, -0.2) is 69.3 Å². The fourth-order valence-corrected chi connectivity index (χ4v) is 4.88. The molecular weight excluding hydrogens is 513 g/mol. The topological polar surface area (TPSA) is 115 Å². The zero-order valence-electron chi connectivity index (χ0n) is 21.3. The first-order valence-electron chi connectivity index (χ1n) is 12.4. The van der Waals surface area contributed by atoms with Crippen LogP contribution in [-0.2, 0) is 19.4 Å². The number of hydrogen-bond acceptors (Lipinski definition) is 9. The first kappa shape index (κ1) is 26.3. The number of hydrogen-bond donors (Lipinski definition) is 2. The van der Waals surface area contributed by atoms with Crippen molar-refractivity contribution in [3.05, 3.63) is 47.8 Å². The maximum atomic E-state index is 13.2. The molecule has 0 amide bonds. The number of aliphatic hydroxyl groups excluding tert-OH is 1. The van der Waals surface area contributed by atoms with Gasteiger partial charge in [0.1, 0.15) is 11.5 Å². The predicted octanol–water partition coefficient (Wildman–Crippen LogP) is 4.28. The smallest absolute Gasteiger partial charge is 0.506 e. The summed E-state index contributed by atoms with van der Waals surface area (Å²) in [6, 6.07) is 6.58. The monoisotopic (exact) mass is 540 g/mol. The van der Waals surface area contributed by atoms with Gasteiger partial charge >= 0.3 is 6.36 Å². The minimum Gasteiger partial charge on any atom is -0.506 e. The van der Waals surface area contributed by atoms with E-state index in [0.717, 1.165) is 43.0 Å². The molecule has 39 heavy (non-hydrogen) atoms. The van der Waals surface area contributed by atoms with E-state index in [2.05, 4.69) is 47.6 Å². The van der Waals surface area contributed by atoms with Gasteiger partial charge in [-0.2, -0.15) is 10.4 Å². The standard InChI is InChI=1S/C26H27F3N8O2/c1-16(38)22-19-6-4-17-15-31-25(33-23(17)24(19)37(34-22)9-3-8-30)32-20-14-18(36-12-10-35(2)11-13-36)5-7-21(20)39-26(27,28)29/h5,7,14-15,38H,1,3-4,6,9-13H2,2H3,(H,31,32,33). The zero-order chi connectivity index (χ0) is 27.7. The highest BCUT2D eigenvalue weighted by Gasteiger charge is 2.33. The van der Waals surface area contributed by atoms with Crippen LogP contribution in [0, 0.1) is 11.3 Å². The molecule has 10 nitrogen and oxygen atoms in total. The fourth-order valence-electron chi connectivity index (χ4n) is 4.88. The number of anilines is 3. The Morgan fingerprint density at radius 3 is 2.69 bits per heavy atom. The summed E-state index contributed by atoms with van der Waals surface area (Å²) >= 11 is 0. The van der Waals surface area contributed by atoms with E-state index in [4.69, 9.17) is 5.26 Å². The van der Waals surface area contributed by atoms with Crippen molar-refractivity contribution < 1.29 is 23.0 Å². The Bertz CT molecular complexity index is 1440. The molecule has 3 heterocycles. The fraction of sp³-hybridized carbons (Fsp3) is 0.385. The molecule has 0 radical (unpaired) electrons. The number of rotatable bonds is 7. The van der Waals surface area contributed by atoms with E-state index in [9.17, 15) is 18.3 Å². The zero-order valence-corrected chi connectivity index (χ0v) is 21.3. The summed E-state index contributed by atoms with van der Waals surface area (Å²) in [6.45, 7) is 7.02. The minimum atomic E-state index is -4.88. The quantitative estimate of drug-likeness (QED) is 0.424. The van der Waals surface area contributed by atoms with Crippen LogP contribution in [0.4, 0.5) is 30.5 Å². The van der Waals surface area contributed by atoms with Crippen LogP contribution in [0.15, 0.2) is 31.0 Å². The van der Waals surface area contributed by atoms with Crippen molar-refractivity contribution in [3.8, 4) is 23.2 Å². The predicted molar refractivity (Wildman–Crippen MR) is 139 cm³/mol. The molecule has 0 spiro atoms. The summed E-state index contributed by atoms with van der Waals surface area (Å²) in [5.74, 6) is -0.519. The van der Waals surface area contributed by atoms with Gasteiger partial charge in [0.2, 0.25) is 5.95 Å². The molecule has 1 fully saturated rings. The number of benzene rings is 1. The van der Waals surface area contributed by atoms with Gasteiger partial charge in [-0.05, 0) is 43.7 Å². The summed E-state index contributed by atoms with van der Waals surface area (Å²) in [7, 11) is 2.02. The Morgan fingerprint density at radius 1 is 1.23 bits per heavy atom. The molecule has 0 unspecified atom stereocenters. The highest BCUT2D eigenvalue weighted by molar-refractivity contribution is 5.74. The van der Waals surface area contributed by atoms with Gasteiger partial charge in [-0.3, -0.25) is 4.68 Å². The van der Waals surface area contributed by atoms with Gasteiger partial charge in [-0.1, -0.05) is 6.58 Å². The number of likely N-dealkylation sites (N-methyl/N-ethyl adjacent to an activating group) is 1. The number of alkyl halides is 3. The van der Waals surface area contributed by atoms with Crippen LogP contribution in [0.25, 0.3) is 17.1 Å². The molecular formula is C26H27F3N8O2. The average Bonchev–Trinajstić information content (AvgIpc) is 3.27. The number of nitrogens with one attached hydrogen (secondary N) is 1. The first-order chi connectivity index (χ1) is 18.6. The van der Waals surface area contributed by atoms with Gasteiger partial charge in [0, 0.05) is 43.6 Å². The van der Waals surface area contributed by atoms with Crippen LogP contribution in [0.2, 0.25) is 0 Å². The lowest BCUT2D eigenvalue weighted by atomic mass is 9.93. The lowest BCUT2D eigenvalue weighted by Crippen LogP contribution is -2.44. The molecule has 2 aliphatic rings. The second-order valence-electron chi connectivity index (χ2n) is 9.46. The van der Waals surface area contributed by atoms with E-state index in [1.165, 1.54) is 6.07 Å². The summed E-state index contributed by atoms with van der Waals surface area (Å²) in [6.07, 6.45) is -1.93.